The van der Waals surface area contributed by atoms with Gasteiger partial charge in [0.05, 0.1) is 0 Å². The molecule has 0 amide bonds. The van der Waals surface area contributed by atoms with E-state index in [1.165, 1.54) is 12.8 Å². The second kappa shape index (κ2) is 2.99. The van der Waals surface area contributed by atoms with Gasteiger partial charge in [-0.05, 0) is 47.8 Å². The molecule has 92 valence electrons. The van der Waals surface area contributed by atoms with Crippen LogP contribution in [0.5, 0.6) is 0 Å². The van der Waals surface area contributed by atoms with Crippen molar-refractivity contribution < 1.29 is 0 Å². The van der Waals surface area contributed by atoms with E-state index >= 15 is 0 Å². The van der Waals surface area contributed by atoms with Crippen LogP contribution in [-0.4, -0.2) is 8.07 Å². The molecule has 0 aromatic rings. The molecule has 0 N–H and O–H groups in total. The summed E-state index contributed by atoms with van der Waals surface area (Å²) in [5, 5.41) is 0. The molecule has 0 heterocycles. The van der Waals surface area contributed by atoms with E-state index in [2.05, 4.69) is 43.9 Å². The highest BCUT2D eigenvalue weighted by molar-refractivity contribution is 6.76. The van der Waals surface area contributed by atoms with Crippen LogP contribution in [0, 0.1) is 35.0 Å². The summed E-state index contributed by atoms with van der Waals surface area (Å²) in [5.74, 6) is 5.09. The molecule has 5 unspecified atom stereocenters. The zero-order chi connectivity index (χ0) is 11.8. The van der Waals surface area contributed by atoms with Gasteiger partial charge in [0.2, 0.25) is 0 Å². The fourth-order valence-corrected chi connectivity index (χ4v) is 8.39. The van der Waals surface area contributed by atoms with E-state index in [1.807, 2.05) is 0 Å². The topological polar surface area (TPSA) is 0 Å². The van der Waals surface area contributed by atoms with Gasteiger partial charge in [-0.25, -0.2) is 0 Å². The maximum atomic E-state index is 2.62. The fraction of sp³-hybridized carbons (Fsp3) is 0.750. The molecule has 4 aliphatic rings. The third kappa shape index (κ3) is 1.19. The van der Waals surface area contributed by atoms with E-state index < -0.39 is 8.07 Å². The second-order valence-electron chi connectivity index (χ2n) is 8.08. The van der Waals surface area contributed by atoms with Crippen molar-refractivity contribution in [1.29, 1.82) is 0 Å². The Labute approximate surface area is 106 Å². The van der Waals surface area contributed by atoms with E-state index in [9.17, 15) is 0 Å². The summed E-state index contributed by atoms with van der Waals surface area (Å²) in [6, 6.07) is 1.58. The monoisotopic (exact) mass is 244 g/mol. The van der Waals surface area contributed by atoms with Crippen LogP contribution < -0.4 is 0 Å². The second-order valence-corrected chi connectivity index (χ2v) is 13.6. The fourth-order valence-electron chi connectivity index (χ4n) is 5.84. The molecule has 0 radical (unpaired) electrons. The number of hydrogen-bond donors (Lipinski definition) is 0. The number of hydrogen-bond acceptors (Lipinski definition) is 0. The summed E-state index contributed by atoms with van der Waals surface area (Å²) in [6.45, 7) is 7.70. The average Bonchev–Trinajstić information content (AvgIpc) is 2.66. The quantitative estimate of drug-likeness (QED) is 0.501. The highest BCUT2D eigenvalue weighted by Gasteiger charge is 2.77. The van der Waals surface area contributed by atoms with Crippen LogP contribution in [0.3, 0.4) is 0 Å². The van der Waals surface area contributed by atoms with Gasteiger partial charge >= 0.3 is 0 Å². The first-order chi connectivity index (χ1) is 8.04. The van der Waals surface area contributed by atoms with Crippen molar-refractivity contribution in [2.75, 3.05) is 0 Å². The standard InChI is InChI=1S/C16H24Si/c1-17(2,3)10-16-13-8-9-14(16)15(16)12-7-5-4-6-11(12)13/h4-5,8-9,11-15H,6-7,10H2,1-3H3/t11?,12?,13?,14?,15?,16-/m0/s1. The zero-order valence-electron chi connectivity index (χ0n) is 11.3. The Balaban J connectivity index is 1.69. The highest BCUT2D eigenvalue weighted by atomic mass is 28.3. The minimum absolute atomic E-state index is 0.770. The molecule has 0 spiro atoms. The molecule has 17 heavy (non-hydrogen) atoms. The minimum atomic E-state index is -0.921. The Morgan fingerprint density at radius 1 is 1.00 bits per heavy atom. The van der Waals surface area contributed by atoms with Gasteiger partial charge in [0.25, 0.3) is 0 Å². The smallest absolute Gasteiger partial charge is 0.0448 e. The third-order valence-electron chi connectivity index (χ3n) is 5.96. The Morgan fingerprint density at radius 2 is 1.65 bits per heavy atom. The molecule has 0 bridgehead atoms. The van der Waals surface area contributed by atoms with Gasteiger partial charge in [0.1, 0.15) is 0 Å². The predicted molar refractivity (Wildman–Crippen MR) is 75.6 cm³/mol. The van der Waals surface area contributed by atoms with Gasteiger partial charge in [-0.1, -0.05) is 50.0 Å². The number of fused-ring (bicyclic) bond motifs is 4. The van der Waals surface area contributed by atoms with Crippen molar-refractivity contribution in [2.45, 2.75) is 38.5 Å². The Hall–Kier alpha value is -0.303. The molecule has 0 aliphatic heterocycles. The largest absolute Gasteiger partial charge is 0.0882 e. The van der Waals surface area contributed by atoms with Crippen LogP contribution in [0.25, 0.3) is 0 Å². The average molecular weight is 244 g/mol. The molecule has 2 saturated carbocycles. The van der Waals surface area contributed by atoms with Gasteiger partial charge in [-0.15, -0.1) is 0 Å². The SMILES string of the molecule is C[Si](C)(C)C[C@]12C3C=CC1C2C1CC=CCC13. The molecule has 0 aromatic heterocycles. The molecular weight excluding hydrogens is 220 g/mol. The first-order valence-corrected chi connectivity index (χ1v) is 11.1. The summed E-state index contributed by atoms with van der Waals surface area (Å²) in [6.07, 6.45) is 12.9. The van der Waals surface area contributed by atoms with Crippen molar-refractivity contribution in [1.82, 2.24) is 0 Å². The lowest BCUT2D eigenvalue weighted by Gasteiger charge is -2.31. The molecule has 4 rings (SSSR count). The first kappa shape index (κ1) is 10.6. The van der Waals surface area contributed by atoms with Gasteiger partial charge in [-0.2, -0.15) is 0 Å². The minimum Gasteiger partial charge on any atom is -0.0882 e. The summed E-state index contributed by atoms with van der Waals surface area (Å²) < 4.78 is 0. The van der Waals surface area contributed by atoms with E-state index in [1.54, 1.807) is 6.04 Å². The van der Waals surface area contributed by atoms with E-state index in [4.69, 9.17) is 0 Å². The number of rotatable bonds is 2. The van der Waals surface area contributed by atoms with Gasteiger partial charge in [0, 0.05) is 8.07 Å². The maximum absolute atomic E-state index is 2.62. The lowest BCUT2D eigenvalue weighted by molar-refractivity contribution is 0.263. The molecule has 4 aliphatic carbocycles. The van der Waals surface area contributed by atoms with Crippen molar-refractivity contribution in [2.24, 2.45) is 35.0 Å². The van der Waals surface area contributed by atoms with Crippen LogP contribution in [0.2, 0.25) is 25.7 Å². The Morgan fingerprint density at radius 3 is 2.35 bits per heavy atom. The van der Waals surface area contributed by atoms with E-state index in [0.29, 0.717) is 0 Å². The molecule has 2 fully saturated rings. The molecule has 6 atom stereocenters. The van der Waals surface area contributed by atoms with E-state index in [0.717, 1.165) is 35.0 Å². The summed E-state index contributed by atoms with van der Waals surface area (Å²) in [4.78, 5) is 0. The van der Waals surface area contributed by atoms with Crippen LogP contribution in [0.4, 0.5) is 0 Å². The molecule has 1 heteroatoms. The highest BCUT2D eigenvalue weighted by Crippen LogP contribution is 2.82. The van der Waals surface area contributed by atoms with Crippen molar-refractivity contribution in [3.63, 3.8) is 0 Å². The Kier molecular flexibility index (Phi) is 1.86. The predicted octanol–water partition coefficient (Wildman–Crippen LogP) is 4.34. The van der Waals surface area contributed by atoms with E-state index in [-0.39, 0.29) is 0 Å². The van der Waals surface area contributed by atoms with Gasteiger partial charge in [-0.3, -0.25) is 0 Å². The summed E-state index contributed by atoms with van der Waals surface area (Å²) in [5.41, 5.74) is 0.770. The molecule has 0 nitrogen and oxygen atoms in total. The van der Waals surface area contributed by atoms with Crippen molar-refractivity contribution in [3.8, 4) is 0 Å². The van der Waals surface area contributed by atoms with Gasteiger partial charge in [0.15, 0.2) is 0 Å². The number of allylic oxidation sites excluding steroid dienone is 4. The maximum Gasteiger partial charge on any atom is 0.0448 e. The van der Waals surface area contributed by atoms with Gasteiger partial charge < -0.3 is 0 Å². The Bertz CT molecular complexity index is 414. The summed E-state index contributed by atoms with van der Waals surface area (Å²) in [7, 11) is -0.921. The first-order valence-electron chi connectivity index (χ1n) is 7.37. The van der Waals surface area contributed by atoms with Crippen LogP contribution in [0.15, 0.2) is 24.3 Å². The molecule has 0 saturated heterocycles. The molecule has 0 aromatic carbocycles. The van der Waals surface area contributed by atoms with Crippen molar-refractivity contribution in [3.05, 3.63) is 24.3 Å². The molecular formula is C16H24Si. The van der Waals surface area contributed by atoms with Crippen LogP contribution in [-0.2, 0) is 0 Å². The van der Waals surface area contributed by atoms with Crippen molar-refractivity contribution >= 4 is 8.07 Å². The summed E-state index contributed by atoms with van der Waals surface area (Å²) >= 11 is 0. The van der Waals surface area contributed by atoms with Crippen LogP contribution >= 0.6 is 0 Å². The lowest BCUT2D eigenvalue weighted by atomic mass is 9.76. The normalized spacial score (nSPS) is 53.7. The third-order valence-corrected chi connectivity index (χ3v) is 7.63. The van der Waals surface area contributed by atoms with Crippen LogP contribution in [0.1, 0.15) is 12.8 Å². The lowest BCUT2D eigenvalue weighted by Crippen LogP contribution is -2.30. The zero-order valence-corrected chi connectivity index (χ0v) is 12.3.